The van der Waals surface area contributed by atoms with Crippen molar-refractivity contribution in [2.45, 2.75) is 45.3 Å². The lowest BCUT2D eigenvalue weighted by molar-refractivity contribution is 0.0205. The summed E-state index contributed by atoms with van der Waals surface area (Å²) in [6, 6.07) is -0.255. The Hall–Kier alpha value is -1.43. The van der Waals surface area contributed by atoms with E-state index in [0.717, 1.165) is 12.8 Å². The van der Waals surface area contributed by atoms with Crippen LogP contribution in [0.15, 0.2) is 4.52 Å². The van der Waals surface area contributed by atoms with Gasteiger partial charge in [-0.3, -0.25) is 4.90 Å². The van der Waals surface area contributed by atoms with E-state index in [1.54, 1.807) is 4.90 Å². The summed E-state index contributed by atoms with van der Waals surface area (Å²) >= 11 is 5.78. The summed E-state index contributed by atoms with van der Waals surface area (Å²) in [5.41, 5.74) is 5.57. The topological polar surface area (TPSA) is 81.6 Å². The molecule has 1 aliphatic heterocycles. The highest BCUT2D eigenvalue weighted by molar-refractivity contribution is 6.31. The van der Waals surface area contributed by atoms with E-state index in [0.29, 0.717) is 18.0 Å². The molecule has 1 atom stereocenters. The van der Waals surface area contributed by atoms with E-state index in [2.05, 4.69) is 5.16 Å². The first-order chi connectivity index (χ1) is 8.79. The molecular formula is C12H18ClN3O3. The Morgan fingerprint density at radius 3 is 2.79 bits per heavy atom. The summed E-state index contributed by atoms with van der Waals surface area (Å²) in [6.07, 6.45) is 1.25. The lowest BCUT2D eigenvalue weighted by atomic mass is 10.1. The number of carbonyl (C=O) groups is 1. The van der Waals surface area contributed by atoms with Gasteiger partial charge in [-0.1, -0.05) is 16.8 Å². The van der Waals surface area contributed by atoms with Crippen molar-refractivity contribution in [2.75, 3.05) is 12.3 Å². The van der Waals surface area contributed by atoms with E-state index >= 15 is 0 Å². The number of hydrogen-bond donors (Lipinski definition) is 1. The fourth-order valence-corrected chi connectivity index (χ4v) is 2.24. The molecule has 19 heavy (non-hydrogen) atoms. The van der Waals surface area contributed by atoms with Crippen molar-refractivity contribution < 1.29 is 14.1 Å². The van der Waals surface area contributed by atoms with Gasteiger partial charge in [0.25, 0.3) is 0 Å². The Bertz CT molecular complexity index is 481. The number of aromatic nitrogens is 1. The quantitative estimate of drug-likeness (QED) is 0.858. The van der Waals surface area contributed by atoms with Crippen molar-refractivity contribution in [3.8, 4) is 0 Å². The molecule has 106 valence electrons. The smallest absolute Gasteiger partial charge is 0.410 e. The zero-order valence-corrected chi connectivity index (χ0v) is 12.0. The van der Waals surface area contributed by atoms with Crippen molar-refractivity contribution >= 4 is 23.4 Å². The average molecular weight is 288 g/mol. The second-order valence-corrected chi connectivity index (χ2v) is 5.94. The number of amides is 1. The predicted molar refractivity (Wildman–Crippen MR) is 70.8 cm³/mol. The monoisotopic (exact) mass is 287 g/mol. The number of nitrogen functional groups attached to an aromatic ring is 1. The summed E-state index contributed by atoms with van der Waals surface area (Å²) in [5, 5.41) is 3.75. The zero-order chi connectivity index (χ0) is 14.2. The second kappa shape index (κ2) is 4.92. The van der Waals surface area contributed by atoms with Crippen LogP contribution in [0.4, 0.5) is 10.5 Å². The van der Waals surface area contributed by atoms with Gasteiger partial charge in [-0.25, -0.2) is 4.79 Å². The number of nitrogens with two attached hydrogens (primary N) is 1. The Morgan fingerprint density at radius 1 is 1.58 bits per heavy atom. The van der Waals surface area contributed by atoms with Crippen LogP contribution in [0.2, 0.25) is 5.15 Å². The van der Waals surface area contributed by atoms with Crippen LogP contribution in [0.25, 0.3) is 0 Å². The van der Waals surface area contributed by atoms with Gasteiger partial charge in [0.05, 0.1) is 6.04 Å². The molecule has 1 saturated heterocycles. The number of nitrogens with zero attached hydrogens (tertiary/aromatic N) is 2. The molecule has 2 rings (SSSR count). The number of halogens is 1. The van der Waals surface area contributed by atoms with E-state index < -0.39 is 5.60 Å². The number of ether oxygens (including phenoxy) is 1. The van der Waals surface area contributed by atoms with Gasteiger partial charge in [0.2, 0.25) is 0 Å². The third-order valence-corrected chi connectivity index (χ3v) is 3.17. The van der Waals surface area contributed by atoms with Crippen molar-refractivity contribution in [3.05, 3.63) is 10.9 Å². The van der Waals surface area contributed by atoms with Crippen LogP contribution in [0.5, 0.6) is 0 Å². The molecule has 1 aromatic heterocycles. The van der Waals surface area contributed by atoms with Gasteiger partial charge >= 0.3 is 6.09 Å². The maximum atomic E-state index is 12.1. The molecule has 1 aliphatic rings. The Balaban J connectivity index is 2.17. The number of carbonyl (C=O) groups excluding carboxylic acids is 1. The second-order valence-electron chi connectivity index (χ2n) is 5.58. The van der Waals surface area contributed by atoms with E-state index in [4.69, 9.17) is 26.6 Å². The average Bonchev–Trinajstić information content (AvgIpc) is 2.85. The highest BCUT2D eigenvalue weighted by atomic mass is 35.5. The van der Waals surface area contributed by atoms with E-state index in [1.165, 1.54) is 0 Å². The summed E-state index contributed by atoms with van der Waals surface area (Å²) in [6.45, 7) is 6.10. The van der Waals surface area contributed by atoms with Crippen LogP contribution in [-0.4, -0.2) is 28.3 Å². The number of rotatable bonds is 1. The molecule has 2 N–H and O–H groups in total. The van der Waals surface area contributed by atoms with E-state index in [-0.39, 0.29) is 17.3 Å². The standard InChI is InChI=1S/C12H18ClN3O3/c1-12(2,3)18-11(17)16-6-4-5-7(16)9-8(14)10(13)15-19-9/h7H,4-6,14H2,1-3H3. The van der Waals surface area contributed by atoms with Gasteiger partial charge in [0.15, 0.2) is 10.9 Å². The molecule has 0 aromatic carbocycles. The molecule has 0 saturated carbocycles. The molecule has 0 bridgehead atoms. The summed E-state index contributed by atoms with van der Waals surface area (Å²) < 4.78 is 10.5. The first kappa shape index (κ1) is 14.0. The Morgan fingerprint density at radius 2 is 2.26 bits per heavy atom. The third-order valence-electron chi connectivity index (χ3n) is 2.90. The molecule has 2 heterocycles. The van der Waals surface area contributed by atoms with Crippen molar-refractivity contribution in [2.24, 2.45) is 0 Å². The molecule has 1 aromatic rings. The summed E-state index contributed by atoms with van der Waals surface area (Å²) in [5.74, 6) is 0.438. The normalized spacial score (nSPS) is 19.8. The number of likely N-dealkylation sites (tertiary alicyclic amines) is 1. The molecule has 1 unspecified atom stereocenters. The minimum absolute atomic E-state index is 0.131. The largest absolute Gasteiger partial charge is 0.444 e. The molecular weight excluding hydrogens is 270 g/mol. The van der Waals surface area contributed by atoms with E-state index in [9.17, 15) is 4.79 Å². The van der Waals surface area contributed by atoms with Gasteiger partial charge in [-0.05, 0) is 33.6 Å². The minimum atomic E-state index is -0.533. The van der Waals surface area contributed by atoms with Gasteiger partial charge < -0.3 is 15.0 Å². The van der Waals surface area contributed by atoms with Crippen LogP contribution < -0.4 is 5.73 Å². The van der Waals surface area contributed by atoms with Crippen LogP contribution in [0.3, 0.4) is 0 Å². The Kier molecular flexibility index (Phi) is 3.62. The molecule has 1 amide bonds. The van der Waals surface area contributed by atoms with Crippen molar-refractivity contribution in [1.82, 2.24) is 10.1 Å². The third kappa shape index (κ3) is 2.94. The molecule has 1 fully saturated rings. The molecule has 0 aliphatic carbocycles. The maximum Gasteiger partial charge on any atom is 0.410 e. The van der Waals surface area contributed by atoms with Gasteiger partial charge in [-0.15, -0.1) is 0 Å². The van der Waals surface area contributed by atoms with Crippen LogP contribution in [0.1, 0.15) is 45.4 Å². The lowest BCUT2D eigenvalue weighted by Gasteiger charge is -2.27. The van der Waals surface area contributed by atoms with Crippen molar-refractivity contribution in [1.29, 1.82) is 0 Å². The summed E-state index contributed by atoms with van der Waals surface area (Å²) in [4.78, 5) is 13.7. The van der Waals surface area contributed by atoms with Crippen LogP contribution >= 0.6 is 11.6 Å². The highest BCUT2D eigenvalue weighted by Gasteiger charge is 2.37. The van der Waals surface area contributed by atoms with E-state index in [1.807, 2.05) is 20.8 Å². The predicted octanol–water partition coefficient (Wildman–Crippen LogP) is 2.98. The number of hydrogen-bond acceptors (Lipinski definition) is 5. The summed E-state index contributed by atoms with van der Waals surface area (Å²) in [7, 11) is 0. The maximum absolute atomic E-state index is 12.1. The molecule has 6 nitrogen and oxygen atoms in total. The zero-order valence-electron chi connectivity index (χ0n) is 11.3. The van der Waals surface area contributed by atoms with Crippen LogP contribution in [-0.2, 0) is 4.74 Å². The molecule has 7 heteroatoms. The minimum Gasteiger partial charge on any atom is -0.444 e. The Labute approximate surface area is 116 Å². The van der Waals surface area contributed by atoms with Crippen LogP contribution in [0, 0.1) is 0 Å². The van der Waals surface area contributed by atoms with Crippen molar-refractivity contribution in [3.63, 3.8) is 0 Å². The van der Waals surface area contributed by atoms with Gasteiger partial charge in [0, 0.05) is 6.54 Å². The number of anilines is 1. The lowest BCUT2D eigenvalue weighted by Crippen LogP contribution is -2.36. The highest BCUT2D eigenvalue weighted by Crippen LogP contribution is 2.38. The fraction of sp³-hybridized carbons (Fsp3) is 0.667. The fourth-order valence-electron chi connectivity index (χ4n) is 2.11. The molecule has 0 radical (unpaired) electrons. The SMILES string of the molecule is CC(C)(C)OC(=O)N1CCCC1c1onc(Cl)c1N. The molecule has 0 spiro atoms. The first-order valence-corrected chi connectivity index (χ1v) is 6.57. The first-order valence-electron chi connectivity index (χ1n) is 6.20. The van der Waals surface area contributed by atoms with Gasteiger partial charge in [-0.2, -0.15) is 0 Å². The van der Waals surface area contributed by atoms with Gasteiger partial charge in [0.1, 0.15) is 11.3 Å².